The van der Waals surface area contributed by atoms with Gasteiger partial charge in [0.2, 0.25) is 12.3 Å². The monoisotopic (exact) mass is 390 g/mol. The van der Waals surface area contributed by atoms with Crippen LogP contribution in [-0.4, -0.2) is 30.8 Å². The molecule has 10 heteroatoms. The lowest BCUT2D eigenvalue weighted by Crippen LogP contribution is -2.14. The molecule has 0 saturated heterocycles. The predicted molar refractivity (Wildman–Crippen MR) is 103 cm³/mol. The highest BCUT2D eigenvalue weighted by Crippen LogP contribution is 2.24. The van der Waals surface area contributed by atoms with Crippen molar-refractivity contribution in [1.82, 2.24) is 20.0 Å². The Kier molecular flexibility index (Phi) is 4.57. The summed E-state index contributed by atoms with van der Waals surface area (Å²) in [6, 6.07) is 12.9. The van der Waals surface area contributed by atoms with E-state index < -0.39 is 10.8 Å². The van der Waals surface area contributed by atoms with Gasteiger partial charge in [0.05, 0.1) is 10.6 Å². The Hall–Kier alpha value is -4.34. The van der Waals surface area contributed by atoms with Gasteiger partial charge in [0, 0.05) is 29.6 Å². The van der Waals surface area contributed by atoms with Crippen molar-refractivity contribution in [1.29, 1.82) is 0 Å². The van der Waals surface area contributed by atoms with E-state index in [2.05, 4.69) is 20.6 Å². The van der Waals surface area contributed by atoms with Crippen molar-refractivity contribution in [3.8, 4) is 17.1 Å². The number of hydrogen-bond donors (Lipinski definition) is 1. The maximum absolute atomic E-state index is 12.6. The van der Waals surface area contributed by atoms with E-state index in [4.69, 9.17) is 4.42 Å². The highest BCUT2D eigenvalue weighted by Gasteiger charge is 2.14. The van der Waals surface area contributed by atoms with Gasteiger partial charge >= 0.3 is 0 Å². The van der Waals surface area contributed by atoms with Crippen LogP contribution in [0.2, 0.25) is 0 Å². The number of carbonyl (C=O) groups excluding carboxylic acids is 1. The van der Waals surface area contributed by atoms with Gasteiger partial charge in [0.25, 0.3) is 11.6 Å². The molecule has 0 aliphatic heterocycles. The molecule has 0 fully saturated rings. The largest absolute Gasteiger partial charge is 0.423 e. The Balaban J connectivity index is 1.57. The minimum Gasteiger partial charge on any atom is -0.423 e. The quantitative estimate of drug-likeness (QED) is 0.408. The molecule has 0 atom stereocenters. The molecule has 4 rings (SSSR count). The SMILES string of the molecule is Cc1ccc(-c2nnco2)cc1NC(=O)c1ccn(-c2cccc([N+](=O)[O-])c2)n1. The van der Waals surface area contributed by atoms with Crippen LogP contribution < -0.4 is 5.32 Å². The Morgan fingerprint density at radius 2 is 2.07 bits per heavy atom. The molecule has 2 aromatic carbocycles. The molecule has 1 amide bonds. The molecule has 144 valence electrons. The third kappa shape index (κ3) is 3.72. The molecule has 2 heterocycles. The summed E-state index contributed by atoms with van der Waals surface area (Å²) in [5, 5.41) is 25.5. The van der Waals surface area contributed by atoms with Crippen LogP contribution in [0, 0.1) is 17.0 Å². The van der Waals surface area contributed by atoms with E-state index >= 15 is 0 Å². The van der Waals surface area contributed by atoms with Gasteiger partial charge in [0.15, 0.2) is 5.69 Å². The molecule has 0 spiro atoms. The number of aromatic nitrogens is 4. The van der Waals surface area contributed by atoms with Crippen LogP contribution in [-0.2, 0) is 0 Å². The van der Waals surface area contributed by atoms with Crippen LogP contribution in [0.5, 0.6) is 0 Å². The van der Waals surface area contributed by atoms with Gasteiger partial charge in [-0.15, -0.1) is 10.2 Å². The third-order valence-electron chi connectivity index (χ3n) is 4.22. The number of nitro groups is 1. The molecule has 2 aromatic heterocycles. The normalized spacial score (nSPS) is 10.7. The average molecular weight is 390 g/mol. The molecule has 29 heavy (non-hydrogen) atoms. The molecule has 0 bridgehead atoms. The summed E-state index contributed by atoms with van der Waals surface area (Å²) in [6.07, 6.45) is 2.80. The second-order valence-corrected chi connectivity index (χ2v) is 6.15. The summed E-state index contributed by atoms with van der Waals surface area (Å²) in [6.45, 7) is 1.86. The lowest BCUT2D eigenvalue weighted by molar-refractivity contribution is -0.384. The molecule has 0 aliphatic carbocycles. The van der Waals surface area contributed by atoms with Gasteiger partial charge < -0.3 is 9.73 Å². The van der Waals surface area contributed by atoms with Gasteiger partial charge in [-0.25, -0.2) is 4.68 Å². The van der Waals surface area contributed by atoms with E-state index in [0.717, 1.165) is 5.56 Å². The van der Waals surface area contributed by atoms with Crippen LogP contribution in [0.25, 0.3) is 17.1 Å². The fourth-order valence-electron chi connectivity index (χ4n) is 2.71. The van der Waals surface area contributed by atoms with Crippen molar-refractivity contribution < 1.29 is 14.1 Å². The number of amides is 1. The first kappa shape index (κ1) is 18.0. The van der Waals surface area contributed by atoms with Crippen LogP contribution in [0.15, 0.2) is 65.5 Å². The maximum atomic E-state index is 12.6. The van der Waals surface area contributed by atoms with Gasteiger partial charge in [-0.3, -0.25) is 14.9 Å². The van der Waals surface area contributed by atoms with E-state index in [0.29, 0.717) is 22.8 Å². The smallest absolute Gasteiger partial charge is 0.276 e. The number of hydrogen-bond acceptors (Lipinski definition) is 7. The predicted octanol–water partition coefficient (Wildman–Crippen LogP) is 3.39. The molecular formula is C19H14N6O4. The average Bonchev–Trinajstić information content (AvgIpc) is 3.42. The van der Waals surface area contributed by atoms with Gasteiger partial charge in [-0.1, -0.05) is 12.1 Å². The van der Waals surface area contributed by atoms with Crippen molar-refractivity contribution >= 4 is 17.3 Å². The first-order valence-corrected chi connectivity index (χ1v) is 8.50. The fraction of sp³-hybridized carbons (Fsp3) is 0.0526. The lowest BCUT2D eigenvalue weighted by atomic mass is 10.1. The number of anilines is 1. The summed E-state index contributed by atoms with van der Waals surface area (Å²) in [5.74, 6) is -0.0737. The number of nitrogens with one attached hydrogen (secondary N) is 1. The van der Waals surface area contributed by atoms with Gasteiger partial charge in [-0.2, -0.15) is 5.10 Å². The molecular weight excluding hydrogens is 376 g/mol. The van der Waals surface area contributed by atoms with E-state index in [-0.39, 0.29) is 11.4 Å². The van der Waals surface area contributed by atoms with Gasteiger partial charge in [0.1, 0.15) is 0 Å². The van der Waals surface area contributed by atoms with Crippen molar-refractivity contribution in [2.24, 2.45) is 0 Å². The van der Waals surface area contributed by atoms with Gasteiger partial charge in [-0.05, 0) is 36.8 Å². The number of aryl methyl sites for hydroxylation is 1. The van der Waals surface area contributed by atoms with E-state index in [1.54, 1.807) is 24.4 Å². The zero-order valence-corrected chi connectivity index (χ0v) is 15.1. The lowest BCUT2D eigenvalue weighted by Gasteiger charge is -2.08. The minimum atomic E-state index is -0.486. The summed E-state index contributed by atoms with van der Waals surface area (Å²) < 4.78 is 6.59. The molecule has 1 N–H and O–H groups in total. The fourth-order valence-corrected chi connectivity index (χ4v) is 2.71. The summed E-state index contributed by atoms with van der Waals surface area (Å²) in [4.78, 5) is 23.1. The highest BCUT2D eigenvalue weighted by atomic mass is 16.6. The van der Waals surface area contributed by atoms with Crippen LogP contribution in [0.1, 0.15) is 16.1 Å². The van der Waals surface area contributed by atoms with E-state index in [1.165, 1.54) is 29.3 Å². The van der Waals surface area contributed by atoms with Crippen molar-refractivity contribution in [3.63, 3.8) is 0 Å². The Morgan fingerprint density at radius 1 is 1.21 bits per heavy atom. The van der Waals surface area contributed by atoms with E-state index in [9.17, 15) is 14.9 Å². The molecule has 0 unspecified atom stereocenters. The standard InChI is InChI=1S/C19H14N6O4/c1-12-5-6-13(19-22-20-11-29-19)9-17(12)21-18(26)16-7-8-24(23-16)14-3-2-4-15(10-14)25(27)28/h2-11H,1H3,(H,21,26). The maximum Gasteiger partial charge on any atom is 0.276 e. The second kappa shape index (κ2) is 7.35. The van der Waals surface area contributed by atoms with Crippen molar-refractivity contribution in [2.45, 2.75) is 6.92 Å². The Morgan fingerprint density at radius 3 is 2.83 bits per heavy atom. The number of nitro benzene ring substituents is 1. The molecule has 4 aromatic rings. The van der Waals surface area contributed by atoms with Crippen molar-refractivity contribution in [2.75, 3.05) is 5.32 Å². The minimum absolute atomic E-state index is 0.0579. The zero-order valence-electron chi connectivity index (χ0n) is 15.1. The third-order valence-corrected chi connectivity index (χ3v) is 4.22. The highest BCUT2D eigenvalue weighted by molar-refractivity contribution is 6.03. The first-order valence-electron chi connectivity index (χ1n) is 8.50. The number of benzene rings is 2. The topological polar surface area (TPSA) is 129 Å². The van der Waals surface area contributed by atoms with Crippen LogP contribution >= 0.6 is 0 Å². The molecule has 0 aliphatic rings. The first-order chi connectivity index (χ1) is 14.0. The zero-order chi connectivity index (χ0) is 20.4. The molecule has 0 saturated carbocycles. The number of rotatable bonds is 5. The van der Waals surface area contributed by atoms with Crippen molar-refractivity contribution in [3.05, 3.63) is 82.5 Å². The number of carbonyl (C=O) groups is 1. The Labute approximate surface area is 164 Å². The number of nitrogens with zero attached hydrogens (tertiary/aromatic N) is 5. The molecule has 10 nitrogen and oxygen atoms in total. The van der Waals surface area contributed by atoms with E-state index in [1.807, 2.05) is 19.1 Å². The number of non-ortho nitro benzene ring substituents is 1. The summed E-state index contributed by atoms with van der Waals surface area (Å²) in [5.41, 5.74) is 2.69. The Bertz CT molecular complexity index is 1200. The summed E-state index contributed by atoms with van der Waals surface area (Å²) in [7, 11) is 0. The summed E-state index contributed by atoms with van der Waals surface area (Å²) >= 11 is 0. The second-order valence-electron chi connectivity index (χ2n) is 6.15. The van der Waals surface area contributed by atoms with Crippen LogP contribution in [0.3, 0.4) is 0 Å². The van der Waals surface area contributed by atoms with Crippen LogP contribution in [0.4, 0.5) is 11.4 Å². The molecule has 0 radical (unpaired) electrons.